The summed E-state index contributed by atoms with van der Waals surface area (Å²) < 4.78 is 0. The van der Waals surface area contributed by atoms with Gasteiger partial charge in [-0.2, -0.15) is 0 Å². The van der Waals surface area contributed by atoms with Crippen molar-refractivity contribution in [1.29, 1.82) is 0 Å². The van der Waals surface area contributed by atoms with Crippen LogP contribution in [-0.2, 0) is 0 Å². The van der Waals surface area contributed by atoms with Gasteiger partial charge in [-0.1, -0.05) is 60.2 Å². The highest BCUT2D eigenvalue weighted by atomic mass is 32.1. The van der Waals surface area contributed by atoms with Crippen molar-refractivity contribution in [3.8, 4) is 21.7 Å². The Morgan fingerprint density at radius 3 is 2.26 bits per heavy atom. The molecule has 1 heterocycles. The smallest absolute Gasteiger partial charge is 0.278 e. The van der Waals surface area contributed by atoms with Crippen molar-refractivity contribution in [3.63, 3.8) is 0 Å². The quantitative estimate of drug-likeness (QED) is 0.754. The van der Waals surface area contributed by atoms with E-state index in [9.17, 15) is 0 Å². The lowest BCUT2D eigenvalue weighted by Gasteiger charge is -2.01. The molecule has 1 aromatic heterocycles. The van der Waals surface area contributed by atoms with E-state index >= 15 is 0 Å². The Morgan fingerprint density at radius 2 is 1.58 bits per heavy atom. The average molecular weight is 267 g/mol. The molecule has 0 atom stereocenters. The van der Waals surface area contributed by atoms with E-state index in [0.29, 0.717) is 0 Å². The Labute approximate surface area is 116 Å². The van der Waals surface area contributed by atoms with Gasteiger partial charge < -0.3 is 0 Å². The van der Waals surface area contributed by atoms with E-state index in [2.05, 4.69) is 48.3 Å². The van der Waals surface area contributed by atoms with Crippen LogP contribution < -0.4 is 10.7 Å². The van der Waals surface area contributed by atoms with Crippen LogP contribution in [0.3, 0.4) is 0 Å². The van der Waals surface area contributed by atoms with Gasteiger partial charge in [0.05, 0.1) is 4.88 Å². The molecule has 19 heavy (non-hydrogen) atoms. The number of hydrogen-bond donors (Lipinski definition) is 1. The lowest BCUT2D eigenvalue weighted by Crippen LogP contribution is -2.07. The molecule has 2 aromatic carbocycles. The van der Waals surface area contributed by atoms with Crippen LogP contribution in [0, 0.1) is 6.92 Å². The van der Waals surface area contributed by atoms with Crippen molar-refractivity contribution in [2.45, 2.75) is 6.92 Å². The number of hydrogen-bond acceptors (Lipinski definition) is 2. The van der Waals surface area contributed by atoms with E-state index in [-0.39, 0.29) is 0 Å². The number of nitrogens with two attached hydrogens (primary N) is 1. The Morgan fingerprint density at radius 1 is 0.895 bits per heavy atom. The van der Waals surface area contributed by atoms with Crippen molar-refractivity contribution in [2.24, 2.45) is 0 Å². The molecular formula is C16H15N2S+. The second-order valence-corrected chi connectivity index (χ2v) is 5.58. The fourth-order valence-corrected chi connectivity index (χ4v) is 2.98. The van der Waals surface area contributed by atoms with Gasteiger partial charge in [0.1, 0.15) is 0 Å². The molecule has 0 radical (unpaired) electrons. The van der Waals surface area contributed by atoms with Gasteiger partial charge in [0, 0.05) is 5.56 Å². The predicted molar refractivity (Wildman–Crippen MR) is 80.9 cm³/mol. The summed E-state index contributed by atoms with van der Waals surface area (Å²) in [7, 11) is 0. The molecular weight excluding hydrogens is 252 g/mol. The first-order chi connectivity index (χ1) is 9.24. The average Bonchev–Trinajstić information content (AvgIpc) is 2.83. The molecule has 0 saturated heterocycles. The number of aryl methyl sites for hydroxylation is 1. The van der Waals surface area contributed by atoms with E-state index in [1.807, 2.05) is 18.2 Å². The molecule has 3 N–H and O–H groups in total. The Bertz CT molecular complexity index is 685. The zero-order valence-corrected chi connectivity index (χ0v) is 11.5. The minimum atomic E-state index is 0.731. The van der Waals surface area contributed by atoms with Crippen molar-refractivity contribution >= 4 is 16.5 Å². The molecule has 0 aliphatic heterocycles. The summed E-state index contributed by atoms with van der Waals surface area (Å²) in [5.41, 5.74) is 10.7. The zero-order valence-electron chi connectivity index (χ0n) is 10.7. The van der Waals surface area contributed by atoms with Gasteiger partial charge >= 0.3 is 5.13 Å². The monoisotopic (exact) mass is 267 g/mol. The van der Waals surface area contributed by atoms with Crippen LogP contribution in [0.4, 0.5) is 5.13 Å². The van der Waals surface area contributed by atoms with Crippen LogP contribution in [0.2, 0.25) is 0 Å². The predicted octanol–water partition coefficient (Wildman–Crippen LogP) is 3.79. The van der Waals surface area contributed by atoms with Crippen molar-refractivity contribution < 1.29 is 4.98 Å². The third-order valence-corrected chi connectivity index (χ3v) is 4.03. The molecule has 0 bridgehead atoms. The Hall–Kier alpha value is -2.13. The first kappa shape index (κ1) is 11.9. The molecule has 2 nitrogen and oxygen atoms in total. The zero-order chi connectivity index (χ0) is 13.2. The van der Waals surface area contributed by atoms with E-state index in [1.165, 1.54) is 16.0 Å². The fraction of sp³-hybridized carbons (Fsp3) is 0.0625. The summed E-state index contributed by atoms with van der Waals surface area (Å²) in [5, 5.41) is 0.731. The fourth-order valence-electron chi connectivity index (χ4n) is 2.08. The number of thiazole rings is 1. The third-order valence-electron chi connectivity index (χ3n) is 3.06. The van der Waals surface area contributed by atoms with Gasteiger partial charge in [-0.25, -0.2) is 4.98 Å². The molecule has 3 aromatic rings. The van der Waals surface area contributed by atoms with Crippen molar-refractivity contribution in [2.75, 3.05) is 5.73 Å². The van der Waals surface area contributed by atoms with Gasteiger partial charge in [0.2, 0.25) is 0 Å². The number of nitrogens with one attached hydrogen (secondary N) is 1. The highest BCUT2D eigenvalue weighted by molar-refractivity contribution is 7.18. The van der Waals surface area contributed by atoms with Crippen LogP contribution in [-0.4, -0.2) is 0 Å². The number of aromatic amines is 1. The van der Waals surface area contributed by atoms with Gasteiger partial charge in [-0.3, -0.25) is 5.73 Å². The summed E-state index contributed by atoms with van der Waals surface area (Å²) in [6.07, 6.45) is 0. The van der Waals surface area contributed by atoms with Crippen molar-refractivity contribution in [3.05, 3.63) is 60.2 Å². The molecule has 0 unspecified atom stereocenters. The standard InChI is InChI=1S/C16H14N2S/c1-11-7-9-12(10-8-11)14-15(19-16(17)18-14)13-5-3-2-4-6-13/h2-10H,1H3,(H2,17,18)/p+1. The first-order valence-corrected chi connectivity index (χ1v) is 7.00. The maximum Gasteiger partial charge on any atom is 0.330 e. The van der Waals surface area contributed by atoms with Gasteiger partial charge in [0.15, 0.2) is 5.69 Å². The molecule has 3 heteroatoms. The number of rotatable bonds is 2. The van der Waals surface area contributed by atoms with Crippen LogP contribution in [0.1, 0.15) is 5.56 Å². The highest BCUT2D eigenvalue weighted by Gasteiger charge is 2.16. The molecule has 0 fully saturated rings. The summed E-state index contributed by atoms with van der Waals surface area (Å²) in [6, 6.07) is 18.8. The van der Waals surface area contributed by atoms with Gasteiger partial charge in [0.25, 0.3) is 0 Å². The van der Waals surface area contributed by atoms with E-state index in [1.54, 1.807) is 11.3 Å². The number of anilines is 1. The lowest BCUT2D eigenvalue weighted by atomic mass is 10.1. The maximum atomic E-state index is 5.95. The largest absolute Gasteiger partial charge is 0.330 e. The molecule has 0 saturated carbocycles. The summed E-state index contributed by atoms with van der Waals surface area (Å²) in [5.74, 6) is 0. The van der Waals surface area contributed by atoms with Crippen LogP contribution in [0.25, 0.3) is 21.7 Å². The highest BCUT2D eigenvalue weighted by Crippen LogP contribution is 2.35. The number of H-pyrrole nitrogens is 1. The first-order valence-electron chi connectivity index (χ1n) is 6.18. The van der Waals surface area contributed by atoms with E-state index in [4.69, 9.17) is 5.73 Å². The summed E-state index contributed by atoms with van der Waals surface area (Å²) >= 11 is 1.59. The third kappa shape index (κ3) is 2.37. The number of benzene rings is 2. The SMILES string of the molecule is Cc1ccc(-c2[nH+]c(N)sc2-c2ccccc2)cc1. The summed E-state index contributed by atoms with van der Waals surface area (Å²) in [6.45, 7) is 2.09. The van der Waals surface area contributed by atoms with Crippen LogP contribution >= 0.6 is 11.3 Å². The normalized spacial score (nSPS) is 10.6. The Balaban J connectivity index is 2.15. The van der Waals surface area contributed by atoms with Crippen LogP contribution in [0.15, 0.2) is 54.6 Å². The van der Waals surface area contributed by atoms with E-state index < -0.39 is 0 Å². The lowest BCUT2D eigenvalue weighted by molar-refractivity contribution is -0.340. The minimum Gasteiger partial charge on any atom is -0.278 e. The van der Waals surface area contributed by atoms with Crippen LogP contribution in [0.5, 0.6) is 0 Å². The maximum absolute atomic E-state index is 5.95. The second-order valence-electron chi connectivity index (χ2n) is 4.53. The number of nitrogen functional groups attached to an aromatic ring is 1. The van der Waals surface area contributed by atoms with Crippen molar-refractivity contribution in [1.82, 2.24) is 0 Å². The summed E-state index contributed by atoms with van der Waals surface area (Å²) in [4.78, 5) is 4.46. The van der Waals surface area contributed by atoms with E-state index in [0.717, 1.165) is 16.4 Å². The Kier molecular flexibility index (Phi) is 3.05. The van der Waals surface area contributed by atoms with Gasteiger partial charge in [-0.05, 0) is 23.8 Å². The minimum absolute atomic E-state index is 0.731. The van der Waals surface area contributed by atoms with Gasteiger partial charge in [-0.15, -0.1) is 0 Å². The molecule has 0 amide bonds. The second kappa shape index (κ2) is 4.86. The molecule has 0 aliphatic rings. The molecule has 94 valence electrons. The molecule has 0 spiro atoms. The topological polar surface area (TPSA) is 40.2 Å². The molecule has 0 aliphatic carbocycles. The number of aromatic nitrogens is 1. The molecule has 3 rings (SSSR count).